The van der Waals surface area contributed by atoms with Crippen LogP contribution in [0.3, 0.4) is 0 Å². The van der Waals surface area contributed by atoms with E-state index in [0.29, 0.717) is 12.4 Å². The second-order valence-corrected chi connectivity index (χ2v) is 2.85. The minimum absolute atomic E-state index is 0.246. The van der Waals surface area contributed by atoms with Gasteiger partial charge in [0.05, 0.1) is 13.4 Å². The number of amides is 1. The Morgan fingerprint density at radius 1 is 1.80 bits per heavy atom. The molecule has 1 aromatic rings. The van der Waals surface area contributed by atoms with Gasteiger partial charge in [0.15, 0.2) is 11.5 Å². The molecular weight excluding hydrogens is 196 g/mol. The summed E-state index contributed by atoms with van der Waals surface area (Å²) in [5, 5.41) is 1.09. The van der Waals surface area contributed by atoms with E-state index in [2.05, 4.69) is 16.7 Å². The Hall–Kier alpha value is -1.69. The van der Waals surface area contributed by atoms with Gasteiger partial charge in [-0.05, 0) is 13.6 Å². The minimum atomic E-state index is -0.341. The molecule has 0 saturated heterocycles. The maximum absolute atomic E-state index is 11.7. The van der Waals surface area contributed by atoms with E-state index in [-0.39, 0.29) is 11.6 Å². The molecule has 0 spiro atoms. The first kappa shape index (κ1) is 11.4. The molecular formula is C9H14N4O2. The molecule has 0 aromatic carbocycles. The van der Waals surface area contributed by atoms with E-state index in [4.69, 9.17) is 4.84 Å². The molecule has 82 valence electrons. The maximum atomic E-state index is 11.7. The number of aryl methyl sites for hydroxylation is 1. The molecule has 0 aliphatic rings. The molecule has 6 nitrogen and oxygen atoms in total. The van der Waals surface area contributed by atoms with Crippen LogP contribution in [-0.2, 0) is 11.4 Å². The highest BCUT2D eigenvalue weighted by Gasteiger charge is 2.20. The number of hydrogen-bond acceptors (Lipinski definition) is 4. The van der Waals surface area contributed by atoms with Crippen molar-refractivity contribution in [3.63, 3.8) is 0 Å². The zero-order chi connectivity index (χ0) is 11.4. The van der Waals surface area contributed by atoms with E-state index in [9.17, 15) is 4.79 Å². The number of hydroxylamine groups is 2. The Kier molecular flexibility index (Phi) is 3.56. The van der Waals surface area contributed by atoms with Gasteiger partial charge < -0.3 is 4.57 Å². The minimum Gasteiger partial charge on any atom is -0.315 e. The van der Waals surface area contributed by atoms with Gasteiger partial charge in [-0.1, -0.05) is 0 Å². The predicted molar refractivity (Wildman–Crippen MR) is 56.2 cm³/mol. The summed E-state index contributed by atoms with van der Waals surface area (Å²) in [6, 6.07) is 0. The van der Waals surface area contributed by atoms with Gasteiger partial charge in [0.1, 0.15) is 0 Å². The molecule has 1 heterocycles. The Morgan fingerprint density at radius 2 is 2.47 bits per heavy atom. The van der Waals surface area contributed by atoms with Crippen LogP contribution in [0.2, 0.25) is 0 Å². The summed E-state index contributed by atoms with van der Waals surface area (Å²) in [5.41, 5.74) is 0.246. The number of aliphatic imine (C=N–C) groups is 1. The molecule has 6 heteroatoms. The van der Waals surface area contributed by atoms with Gasteiger partial charge in [-0.25, -0.2) is 15.0 Å². The third-order valence-corrected chi connectivity index (χ3v) is 2.06. The predicted octanol–water partition coefficient (Wildman–Crippen LogP) is 0.869. The number of imidazole rings is 1. The maximum Gasteiger partial charge on any atom is 0.299 e. The Morgan fingerprint density at radius 3 is 2.93 bits per heavy atom. The standard InChI is InChI=1S/C9H14N4O2/c1-5-13-6-11-7(8(13)10-2)9(14)12(3)15-4/h6H,2,5H2,1,3-4H3. The van der Waals surface area contributed by atoms with Crippen LogP contribution in [0, 0.1) is 0 Å². The van der Waals surface area contributed by atoms with Crippen molar-refractivity contribution in [1.29, 1.82) is 0 Å². The van der Waals surface area contributed by atoms with Gasteiger partial charge in [-0.3, -0.25) is 9.63 Å². The summed E-state index contributed by atoms with van der Waals surface area (Å²) in [4.78, 5) is 24.3. The fourth-order valence-corrected chi connectivity index (χ4v) is 1.16. The lowest BCUT2D eigenvalue weighted by molar-refractivity contribution is -0.0759. The fraction of sp³-hybridized carbons (Fsp3) is 0.444. The topological polar surface area (TPSA) is 59.7 Å². The van der Waals surface area contributed by atoms with Crippen LogP contribution < -0.4 is 0 Å². The number of carbonyl (C=O) groups excluding carboxylic acids is 1. The summed E-state index contributed by atoms with van der Waals surface area (Å²) in [6.45, 7) is 6.04. The summed E-state index contributed by atoms with van der Waals surface area (Å²) in [7, 11) is 2.93. The van der Waals surface area contributed by atoms with Gasteiger partial charge in [0, 0.05) is 13.6 Å². The van der Waals surface area contributed by atoms with Crippen molar-refractivity contribution in [1.82, 2.24) is 14.6 Å². The largest absolute Gasteiger partial charge is 0.315 e. The monoisotopic (exact) mass is 210 g/mol. The van der Waals surface area contributed by atoms with Crippen molar-refractivity contribution in [3.05, 3.63) is 12.0 Å². The average molecular weight is 210 g/mol. The van der Waals surface area contributed by atoms with Crippen molar-refractivity contribution in [2.75, 3.05) is 14.2 Å². The molecule has 0 N–H and O–H groups in total. The Bertz CT molecular complexity index is 372. The van der Waals surface area contributed by atoms with E-state index in [1.807, 2.05) is 6.92 Å². The molecule has 1 rings (SSSR count). The molecule has 0 atom stereocenters. The molecule has 0 fully saturated rings. The summed E-state index contributed by atoms with van der Waals surface area (Å²) >= 11 is 0. The van der Waals surface area contributed by atoms with E-state index in [0.717, 1.165) is 5.06 Å². The molecule has 0 aliphatic carbocycles. The fourth-order valence-electron chi connectivity index (χ4n) is 1.16. The summed E-state index contributed by atoms with van der Waals surface area (Å²) in [6.07, 6.45) is 1.56. The van der Waals surface area contributed by atoms with Gasteiger partial charge in [-0.2, -0.15) is 0 Å². The molecule has 1 aromatic heterocycles. The van der Waals surface area contributed by atoms with Crippen LogP contribution in [0.5, 0.6) is 0 Å². The second-order valence-electron chi connectivity index (χ2n) is 2.85. The number of rotatable bonds is 4. The Balaban J connectivity index is 3.09. The number of nitrogens with zero attached hydrogens (tertiary/aromatic N) is 4. The lowest BCUT2D eigenvalue weighted by atomic mass is 10.4. The van der Waals surface area contributed by atoms with Crippen molar-refractivity contribution in [2.45, 2.75) is 13.5 Å². The SMILES string of the molecule is C=Nc1c(C(=O)N(C)OC)ncn1CC. The van der Waals surface area contributed by atoms with Gasteiger partial charge >= 0.3 is 0 Å². The van der Waals surface area contributed by atoms with Gasteiger partial charge in [-0.15, -0.1) is 0 Å². The van der Waals surface area contributed by atoms with Crippen LogP contribution in [-0.4, -0.2) is 41.4 Å². The van der Waals surface area contributed by atoms with Crippen LogP contribution in [0.25, 0.3) is 0 Å². The zero-order valence-corrected chi connectivity index (χ0v) is 9.10. The van der Waals surface area contributed by atoms with E-state index >= 15 is 0 Å². The highest BCUT2D eigenvalue weighted by Crippen LogP contribution is 2.18. The van der Waals surface area contributed by atoms with Gasteiger partial charge in [0.25, 0.3) is 5.91 Å². The van der Waals surface area contributed by atoms with Crippen molar-refractivity contribution in [3.8, 4) is 0 Å². The van der Waals surface area contributed by atoms with Crippen molar-refractivity contribution in [2.24, 2.45) is 4.99 Å². The molecule has 0 saturated carbocycles. The lowest BCUT2D eigenvalue weighted by Crippen LogP contribution is -2.25. The highest BCUT2D eigenvalue weighted by atomic mass is 16.7. The smallest absolute Gasteiger partial charge is 0.299 e. The van der Waals surface area contributed by atoms with Crippen molar-refractivity contribution < 1.29 is 9.63 Å². The third-order valence-electron chi connectivity index (χ3n) is 2.06. The van der Waals surface area contributed by atoms with E-state index < -0.39 is 0 Å². The first-order valence-electron chi connectivity index (χ1n) is 4.49. The quantitative estimate of drug-likeness (QED) is 0.547. The van der Waals surface area contributed by atoms with Crippen LogP contribution in [0.1, 0.15) is 17.4 Å². The summed E-state index contributed by atoms with van der Waals surface area (Å²) < 4.78 is 1.74. The second kappa shape index (κ2) is 4.70. The highest BCUT2D eigenvalue weighted by molar-refractivity contribution is 5.95. The van der Waals surface area contributed by atoms with Gasteiger partial charge in [0.2, 0.25) is 0 Å². The van der Waals surface area contributed by atoms with Crippen LogP contribution >= 0.6 is 0 Å². The zero-order valence-electron chi connectivity index (χ0n) is 9.10. The molecule has 0 radical (unpaired) electrons. The number of carbonyl (C=O) groups is 1. The molecule has 1 amide bonds. The molecule has 0 bridgehead atoms. The lowest BCUT2D eigenvalue weighted by Gasteiger charge is -2.12. The molecule has 0 unspecified atom stereocenters. The Labute approximate surface area is 88.1 Å². The number of hydrogen-bond donors (Lipinski definition) is 0. The average Bonchev–Trinajstić information content (AvgIpc) is 2.69. The van der Waals surface area contributed by atoms with Crippen molar-refractivity contribution >= 4 is 18.4 Å². The first-order valence-corrected chi connectivity index (χ1v) is 4.49. The molecule has 15 heavy (non-hydrogen) atoms. The first-order chi connectivity index (χ1) is 7.15. The normalized spacial score (nSPS) is 10.1. The summed E-state index contributed by atoms with van der Waals surface area (Å²) in [5.74, 6) is 0.124. The van der Waals surface area contributed by atoms with E-state index in [1.54, 1.807) is 10.9 Å². The molecule has 0 aliphatic heterocycles. The van der Waals surface area contributed by atoms with E-state index in [1.165, 1.54) is 14.2 Å². The van der Waals surface area contributed by atoms with Crippen LogP contribution in [0.15, 0.2) is 11.3 Å². The van der Waals surface area contributed by atoms with Crippen LogP contribution in [0.4, 0.5) is 5.82 Å². The number of aromatic nitrogens is 2. The third kappa shape index (κ3) is 2.04.